The molecule has 25 heavy (non-hydrogen) atoms. The highest BCUT2D eigenvalue weighted by atomic mass is 35.5. The lowest BCUT2D eigenvalue weighted by molar-refractivity contribution is 0.202. The summed E-state index contributed by atoms with van der Waals surface area (Å²) >= 11 is 7.89. The van der Waals surface area contributed by atoms with E-state index in [1.54, 1.807) is 35.7 Å². The van der Waals surface area contributed by atoms with E-state index in [-0.39, 0.29) is 5.76 Å². The molecular weight excluding hydrogens is 360 g/mol. The maximum absolute atomic E-state index is 10.4. The summed E-state index contributed by atoms with van der Waals surface area (Å²) in [6.45, 7) is 4.18. The number of halogens is 1. The Labute approximate surface area is 154 Å². The van der Waals surface area contributed by atoms with Crippen molar-refractivity contribution in [3.05, 3.63) is 45.1 Å². The maximum Gasteiger partial charge on any atom is 0.160 e. The molecule has 0 aliphatic carbocycles. The van der Waals surface area contributed by atoms with Crippen molar-refractivity contribution in [2.75, 3.05) is 12.8 Å². The second kappa shape index (κ2) is 7.07. The molecule has 3 rings (SSSR count). The molecule has 0 saturated heterocycles. The van der Waals surface area contributed by atoms with Gasteiger partial charge >= 0.3 is 0 Å². The minimum absolute atomic E-state index is 0.259. The average molecular weight is 379 g/mol. The highest BCUT2D eigenvalue weighted by Crippen LogP contribution is 2.41. The minimum atomic E-state index is -0.987. The number of thiazole rings is 1. The molecule has 0 spiro atoms. The Balaban J connectivity index is 1.91. The van der Waals surface area contributed by atoms with E-state index < -0.39 is 6.10 Å². The predicted molar refractivity (Wildman–Crippen MR) is 102 cm³/mol. The molecule has 2 heterocycles. The van der Waals surface area contributed by atoms with Crippen LogP contribution in [0.1, 0.15) is 41.5 Å². The molecule has 0 aliphatic rings. The van der Waals surface area contributed by atoms with Gasteiger partial charge in [-0.2, -0.15) is 0 Å². The summed E-state index contributed by atoms with van der Waals surface area (Å²) in [5, 5.41) is 12.4. The van der Waals surface area contributed by atoms with E-state index in [1.807, 2.05) is 6.08 Å². The second-order valence-electron chi connectivity index (χ2n) is 5.89. The first-order valence-corrected chi connectivity index (χ1v) is 8.98. The number of hydrogen-bond acceptors (Lipinski definition) is 6. The lowest BCUT2D eigenvalue weighted by atomic mass is 10.1. The van der Waals surface area contributed by atoms with Crippen LogP contribution in [-0.2, 0) is 0 Å². The topological polar surface area (TPSA) is 81.5 Å². The van der Waals surface area contributed by atoms with Crippen LogP contribution in [0.3, 0.4) is 0 Å². The third kappa shape index (κ3) is 3.38. The number of ether oxygens (including phenoxy) is 1. The van der Waals surface area contributed by atoms with Crippen LogP contribution in [0.2, 0.25) is 5.02 Å². The predicted octanol–water partition coefficient (Wildman–Crippen LogP) is 5.00. The van der Waals surface area contributed by atoms with E-state index in [2.05, 4.69) is 18.8 Å². The Kier molecular flexibility index (Phi) is 5.03. The third-order valence-electron chi connectivity index (χ3n) is 3.79. The van der Waals surface area contributed by atoms with E-state index in [0.29, 0.717) is 33.3 Å². The lowest BCUT2D eigenvalue weighted by Gasteiger charge is -2.03. The minimum Gasteiger partial charge on any atom is -0.495 e. The van der Waals surface area contributed by atoms with Gasteiger partial charge < -0.3 is 20.0 Å². The number of methoxy groups -OCH3 is 1. The van der Waals surface area contributed by atoms with Gasteiger partial charge in [-0.05, 0) is 24.3 Å². The number of hydrogen-bond donors (Lipinski definition) is 2. The fourth-order valence-corrected chi connectivity index (χ4v) is 3.64. The summed E-state index contributed by atoms with van der Waals surface area (Å²) in [5.41, 5.74) is 6.95. The number of furan rings is 1. The SMILES string of the molecule is COc1ccc2oc(C(O)C=Cc3cnc(C(C)C)s3)c(N)c2c1Cl. The van der Waals surface area contributed by atoms with Crippen molar-refractivity contribution < 1.29 is 14.3 Å². The van der Waals surface area contributed by atoms with Gasteiger partial charge in [0.1, 0.15) is 17.4 Å². The second-order valence-corrected chi connectivity index (χ2v) is 7.37. The number of benzene rings is 1. The van der Waals surface area contributed by atoms with Gasteiger partial charge in [-0.1, -0.05) is 25.4 Å². The molecule has 3 N–H and O–H groups in total. The first kappa shape index (κ1) is 17.8. The number of rotatable bonds is 5. The zero-order chi connectivity index (χ0) is 18.1. The fraction of sp³-hybridized carbons (Fsp3) is 0.278. The first-order chi connectivity index (χ1) is 11.9. The third-order valence-corrected chi connectivity index (χ3v) is 5.43. The zero-order valence-electron chi connectivity index (χ0n) is 14.1. The van der Waals surface area contributed by atoms with Crippen LogP contribution in [0, 0.1) is 0 Å². The summed E-state index contributed by atoms with van der Waals surface area (Å²) < 4.78 is 10.9. The molecule has 2 aromatic heterocycles. The van der Waals surface area contributed by atoms with Gasteiger partial charge in [0.15, 0.2) is 5.76 Å². The van der Waals surface area contributed by atoms with Crippen LogP contribution in [0.25, 0.3) is 17.0 Å². The Morgan fingerprint density at radius 3 is 2.80 bits per heavy atom. The first-order valence-electron chi connectivity index (χ1n) is 7.78. The lowest BCUT2D eigenvalue weighted by Crippen LogP contribution is -1.96. The molecule has 1 unspecified atom stereocenters. The molecule has 5 nitrogen and oxygen atoms in total. The number of nitrogens with zero attached hydrogens (tertiary/aromatic N) is 1. The van der Waals surface area contributed by atoms with Crippen LogP contribution >= 0.6 is 22.9 Å². The van der Waals surface area contributed by atoms with E-state index in [9.17, 15) is 5.11 Å². The van der Waals surface area contributed by atoms with Crippen molar-refractivity contribution in [2.45, 2.75) is 25.9 Å². The molecule has 1 atom stereocenters. The number of anilines is 1. The maximum atomic E-state index is 10.4. The Hall–Kier alpha value is -2.02. The standard InChI is InChI=1S/C18H19ClN2O3S/c1-9(2)18-21-8-10(25-18)4-5-11(22)17-16(20)14-12(24-17)6-7-13(23-3)15(14)19/h4-9,11,22H,20H2,1-3H3. The highest BCUT2D eigenvalue weighted by molar-refractivity contribution is 7.12. The van der Waals surface area contributed by atoms with E-state index in [0.717, 1.165) is 9.88 Å². The van der Waals surface area contributed by atoms with E-state index in [1.165, 1.54) is 7.11 Å². The molecule has 0 aliphatic heterocycles. The molecule has 7 heteroatoms. The molecule has 0 fully saturated rings. The van der Waals surface area contributed by atoms with Gasteiger partial charge in [0, 0.05) is 17.0 Å². The van der Waals surface area contributed by atoms with Crippen molar-refractivity contribution in [1.29, 1.82) is 0 Å². The zero-order valence-corrected chi connectivity index (χ0v) is 15.7. The number of aliphatic hydroxyl groups excluding tert-OH is 1. The van der Waals surface area contributed by atoms with Gasteiger partial charge in [0.25, 0.3) is 0 Å². The Morgan fingerprint density at radius 1 is 1.40 bits per heavy atom. The van der Waals surface area contributed by atoms with Gasteiger partial charge in [0.05, 0.1) is 28.2 Å². The van der Waals surface area contributed by atoms with Gasteiger partial charge in [-0.3, -0.25) is 0 Å². The van der Waals surface area contributed by atoms with Crippen molar-refractivity contribution >= 4 is 45.7 Å². The molecular formula is C18H19ClN2O3S. The molecule has 0 bridgehead atoms. The van der Waals surface area contributed by atoms with Gasteiger partial charge in [-0.15, -0.1) is 11.3 Å². The van der Waals surface area contributed by atoms with Crippen LogP contribution in [-0.4, -0.2) is 17.2 Å². The smallest absolute Gasteiger partial charge is 0.160 e. The number of fused-ring (bicyclic) bond motifs is 1. The molecule has 3 aromatic rings. The van der Waals surface area contributed by atoms with Crippen molar-refractivity contribution in [1.82, 2.24) is 4.98 Å². The molecule has 132 valence electrons. The molecule has 0 amide bonds. The summed E-state index contributed by atoms with van der Waals surface area (Å²) in [7, 11) is 1.53. The monoisotopic (exact) mass is 378 g/mol. The summed E-state index contributed by atoms with van der Waals surface area (Å²) in [6, 6.07) is 3.42. The number of nitrogens with two attached hydrogens (primary N) is 1. The number of nitrogen functional groups attached to an aromatic ring is 1. The van der Waals surface area contributed by atoms with Crippen molar-refractivity contribution in [2.24, 2.45) is 0 Å². The van der Waals surface area contributed by atoms with Crippen LogP contribution in [0.4, 0.5) is 5.69 Å². The van der Waals surface area contributed by atoms with Crippen molar-refractivity contribution in [3.63, 3.8) is 0 Å². The summed E-state index contributed by atoms with van der Waals surface area (Å²) in [4.78, 5) is 5.31. The van der Waals surface area contributed by atoms with Gasteiger partial charge in [0.2, 0.25) is 0 Å². The Morgan fingerprint density at radius 2 is 2.16 bits per heavy atom. The van der Waals surface area contributed by atoms with E-state index in [4.69, 9.17) is 26.5 Å². The largest absolute Gasteiger partial charge is 0.495 e. The number of aromatic nitrogens is 1. The van der Waals surface area contributed by atoms with E-state index >= 15 is 0 Å². The summed E-state index contributed by atoms with van der Waals surface area (Å²) in [6.07, 6.45) is 4.23. The fourth-order valence-electron chi connectivity index (χ4n) is 2.47. The van der Waals surface area contributed by atoms with Crippen LogP contribution in [0.15, 0.2) is 28.8 Å². The quantitative estimate of drug-likeness (QED) is 0.652. The Bertz CT molecular complexity index is 930. The number of aliphatic hydroxyl groups is 1. The van der Waals surface area contributed by atoms with Gasteiger partial charge in [-0.25, -0.2) is 4.98 Å². The van der Waals surface area contributed by atoms with Crippen LogP contribution in [0.5, 0.6) is 5.75 Å². The average Bonchev–Trinajstić information content (AvgIpc) is 3.18. The van der Waals surface area contributed by atoms with Crippen LogP contribution < -0.4 is 10.5 Å². The highest BCUT2D eigenvalue weighted by Gasteiger charge is 2.21. The summed E-state index contributed by atoms with van der Waals surface area (Å²) in [5.74, 6) is 1.14. The molecule has 0 radical (unpaired) electrons. The molecule has 1 aromatic carbocycles. The normalized spacial score (nSPS) is 13.2. The van der Waals surface area contributed by atoms with Crippen molar-refractivity contribution in [3.8, 4) is 5.75 Å². The molecule has 0 saturated carbocycles.